The van der Waals surface area contributed by atoms with Crippen LogP contribution in [-0.4, -0.2) is 20.7 Å². The fraction of sp³-hybridized carbons (Fsp3) is 0.167. The van der Waals surface area contributed by atoms with E-state index in [1.165, 1.54) is 43.3 Å². The van der Waals surface area contributed by atoms with Crippen LogP contribution in [0.15, 0.2) is 53.4 Å². The van der Waals surface area contributed by atoms with Gasteiger partial charge in [-0.05, 0) is 37.3 Å². The molecule has 2 aromatic carbocycles. The molecule has 1 N–H and O–H groups in total. The average Bonchev–Trinajstić information content (AvgIpc) is 2.58. The van der Waals surface area contributed by atoms with Crippen LogP contribution in [0.4, 0.5) is 13.2 Å². The Hall–Kier alpha value is -2.63. The highest BCUT2D eigenvalue weighted by atomic mass is 32.2. The van der Waals surface area contributed by atoms with Crippen molar-refractivity contribution in [1.29, 1.82) is 0 Å². The summed E-state index contributed by atoms with van der Waals surface area (Å²) in [7, 11) is -3.83. The van der Waals surface area contributed by atoms with E-state index in [9.17, 15) is 26.4 Å². The molecule has 0 bridgehead atoms. The number of hydrogen-bond acceptors (Lipinski definition) is 3. The Morgan fingerprint density at radius 3 is 2.35 bits per heavy atom. The number of sulfonamides is 1. The van der Waals surface area contributed by atoms with Crippen molar-refractivity contribution in [3.05, 3.63) is 65.2 Å². The summed E-state index contributed by atoms with van der Waals surface area (Å²) in [5, 5.41) is 0. The van der Waals surface area contributed by atoms with Gasteiger partial charge in [0.1, 0.15) is 0 Å². The largest absolute Gasteiger partial charge is 0.416 e. The molecule has 0 spiro atoms. The predicted molar refractivity (Wildman–Crippen MR) is 90.0 cm³/mol. The molecule has 0 heterocycles. The number of carbonyl (C=O) groups is 1. The fourth-order valence-electron chi connectivity index (χ4n) is 2.00. The molecule has 26 heavy (non-hydrogen) atoms. The number of nitrogens with one attached hydrogen (secondary N) is 1. The van der Waals surface area contributed by atoms with Crippen LogP contribution in [-0.2, 0) is 16.2 Å². The Kier molecular flexibility index (Phi) is 5.85. The maximum absolute atomic E-state index is 12.6. The van der Waals surface area contributed by atoms with E-state index < -0.39 is 21.8 Å². The zero-order valence-electron chi connectivity index (χ0n) is 13.6. The molecule has 8 heteroatoms. The highest BCUT2D eigenvalue weighted by Crippen LogP contribution is 2.29. The van der Waals surface area contributed by atoms with Gasteiger partial charge in [0.2, 0.25) is 10.0 Å². The zero-order valence-corrected chi connectivity index (χ0v) is 14.4. The topological polar surface area (TPSA) is 63.2 Å². The van der Waals surface area contributed by atoms with E-state index in [1.807, 2.05) is 0 Å². The molecule has 4 nitrogen and oxygen atoms in total. The van der Waals surface area contributed by atoms with E-state index in [0.717, 1.165) is 12.1 Å². The van der Waals surface area contributed by atoms with E-state index in [2.05, 4.69) is 16.6 Å². The molecule has 2 rings (SSSR count). The van der Waals surface area contributed by atoms with Gasteiger partial charge in [0.25, 0.3) is 0 Å². The molecular formula is C18H14F3NO3S. The Balaban J connectivity index is 2.06. The quantitative estimate of drug-likeness (QED) is 0.653. The number of Topliss-reactive ketones (excluding diaryl/α,β-unsaturated/α-hetero) is 1. The maximum atomic E-state index is 12.6. The second-order valence-electron chi connectivity index (χ2n) is 5.29. The molecule has 0 aliphatic carbocycles. The maximum Gasteiger partial charge on any atom is 0.416 e. The van der Waals surface area contributed by atoms with Crippen LogP contribution in [0.2, 0.25) is 0 Å². The van der Waals surface area contributed by atoms with Crippen LogP contribution < -0.4 is 4.72 Å². The average molecular weight is 381 g/mol. The van der Waals surface area contributed by atoms with Gasteiger partial charge in [-0.15, -0.1) is 0 Å². The smallest absolute Gasteiger partial charge is 0.295 e. The molecular weight excluding hydrogens is 367 g/mol. The summed E-state index contributed by atoms with van der Waals surface area (Å²) in [6, 6.07) is 9.82. The number of rotatable bonds is 4. The first-order valence-corrected chi connectivity index (χ1v) is 8.85. The second-order valence-corrected chi connectivity index (χ2v) is 7.05. The Bertz CT molecular complexity index is 969. The molecule has 0 saturated carbocycles. The highest BCUT2D eigenvalue weighted by molar-refractivity contribution is 7.89. The van der Waals surface area contributed by atoms with E-state index >= 15 is 0 Å². The molecule has 2 aromatic rings. The van der Waals surface area contributed by atoms with Crippen LogP contribution >= 0.6 is 0 Å². The molecule has 0 aliphatic heterocycles. The normalized spacial score (nSPS) is 11.5. The summed E-state index contributed by atoms with van der Waals surface area (Å²) < 4.78 is 64.3. The number of ketones is 1. The van der Waals surface area contributed by atoms with Crippen molar-refractivity contribution in [1.82, 2.24) is 4.72 Å². The number of alkyl halides is 3. The minimum Gasteiger partial charge on any atom is -0.295 e. The Labute approximate surface area is 149 Å². The van der Waals surface area contributed by atoms with Gasteiger partial charge >= 0.3 is 6.18 Å². The molecule has 0 saturated heterocycles. The van der Waals surface area contributed by atoms with Crippen molar-refractivity contribution in [2.75, 3.05) is 6.54 Å². The molecule has 0 aromatic heterocycles. The number of hydrogen-bond donors (Lipinski definition) is 1. The number of carbonyl (C=O) groups excluding carboxylic acids is 1. The molecule has 0 fully saturated rings. The van der Waals surface area contributed by atoms with Crippen LogP contribution in [0, 0.1) is 11.8 Å². The van der Waals surface area contributed by atoms with Crippen molar-refractivity contribution in [2.45, 2.75) is 18.0 Å². The monoisotopic (exact) mass is 381 g/mol. The lowest BCUT2D eigenvalue weighted by atomic mass is 10.1. The third-order valence-corrected chi connectivity index (χ3v) is 4.76. The van der Waals surface area contributed by atoms with E-state index in [4.69, 9.17) is 0 Å². The van der Waals surface area contributed by atoms with Crippen molar-refractivity contribution in [2.24, 2.45) is 0 Å². The van der Waals surface area contributed by atoms with Crippen molar-refractivity contribution in [3.8, 4) is 11.8 Å². The van der Waals surface area contributed by atoms with Gasteiger partial charge in [-0.3, -0.25) is 4.79 Å². The van der Waals surface area contributed by atoms with Crippen LogP contribution in [0.1, 0.15) is 28.4 Å². The van der Waals surface area contributed by atoms with Gasteiger partial charge in [-0.2, -0.15) is 17.9 Å². The van der Waals surface area contributed by atoms with Crippen LogP contribution in [0.3, 0.4) is 0 Å². The first kappa shape index (κ1) is 19.7. The van der Waals surface area contributed by atoms with Gasteiger partial charge in [0, 0.05) is 11.1 Å². The lowest BCUT2D eigenvalue weighted by Crippen LogP contribution is -2.24. The Morgan fingerprint density at radius 2 is 1.77 bits per heavy atom. The van der Waals surface area contributed by atoms with Crippen molar-refractivity contribution < 1.29 is 26.4 Å². The zero-order chi connectivity index (χ0) is 19.4. The summed E-state index contributed by atoms with van der Waals surface area (Å²) in [5.74, 6) is 4.77. The summed E-state index contributed by atoms with van der Waals surface area (Å²) in [4.78, 5) is 11.1. The summed E-state index contributed by atoms with van der Waals surface area (Å²) in [6.45, 7) is 1.10. The third-order valence-electron chi connectivity index (χ3n) is 3.34. The van der Waals surface area contributed by atoms with E-state index in [0.29, 0.717) is 5.56 Å². The third kappa shape index (κ3) is 5.18. The van der Waals surface area contributed by atoms with Crippen molar-refractivity contribution >= 4 is 15.8 Å². The van der Waals surface area contributed by atoms with E-state index in [-0.39, 0.29) is 22.8 Å². The van der Waals surface area contributed by atoms with Gasteiger partial charge in [-0.1, -0.05) is 30.0 Å². The predicted octanol–water partition coefficient (Wildman–Crippen LogP) is 3.24. The van der Waals surface area contributed by atoms with Gasteiger partial charge in [0.05, 0.1) is 17.0 Å². The fourth-order valence-corrected chi connectivity index (χ4v) is 2.93. The molecule has 0 unspecified atom stereocenters. The summed E-state index contributed by atoms with van der Waals surface area (Å²) in [5.41, 5.74) is -0.312. The highest BCUT2D eigenvalue weighted by Gasteiger charge is 2.30. The second kappa shape index (κ2) is 7.72. The Morgan fingerprint density at radius 1 is 1.12 bits per heavy atom. The minimum absolute atomic E-state index is 0.0385. The summed E-state index contributed by atoms with van der Waals surface area (Å²) >= 11 is 0. The minimum atomic E-state index is -4.47. The molecule has 0 atom stereocenters. The molecule has 0 amide bonds. The number of benzene rings is 2. The first-order chi connectivity index (χ1) is 12.1. The summed E-state index contributed by atoms with van der Waals surface area (Å²) in [6.07, 6.45) is -4.47. The van der Waals surface area contributed by atoms with Crippen molar-refractivity contribution in [3.63, 3.8) is 0 Å². The molecule has 0 radical (unpaired) electrons. The van der Waals surface area contributed by atoms with Gasteiger partial charge in [-0.25, -0.2) is 8.42 Å². The standard InChI is InChI=1S/C18H14F3NO3S/c1-13(23)15-7-9-17(10-8-15)26(24,25)22-11-3-5-14-4-2-6-16(12-14)18(19,20)21/h2,4,6-10,12,22H,11H2,1H3. The van der Waals surface area contributed by atoms with E-state index in [1.54, 1.807) is 0 Å². The van der Waals surface area contributed by atoms with Crippen LogP contribution in [0.25, 0.3) is 0 Å². The molecule has 136 valence electrons. The van der Waals surface area contributed by atoms with Gasteiger partial charge in [0.15, 0.2) is 5.78 Å². The number of halogens is 3. The SMILES string of the molecule is CC(=O)c1ccc(S(=O)(=O)NCC#Cc2cccc(C(F)(F)F)c2)cc1. The lowest BCUT2D eigenvalue weighted by molar-refractivity contribution is -0.137. The first-order valence-electron chi connectivity index (χ1n) is 7.36. The van der Waals surface area contributed by atoms with Gasteiger partial charge < -0.3 is 0 Å². The lowest BCUT2D eigenvalue weighted by Gasteiger charge is -2.06. The van der Waals surface area contributed by atoms with Crippen LogP contribution in [0.5, 0.6) is 0 Å². The molecule has 0 aliphatic rings.